The van der Waals surface area contributed by atoms with E-state index in [4.69, 9.17) is 14.6 Å². The van der Waals surface area contributed by atoms with Crippen LogP contribution in [0.3, 0.4) is 0 Å². The van der Waals surface area contributed by atoms with E-state index in [1.165, 1.54) is 0 Å². The summed E-state index contributed by atoms with van der Waals surface area (Å²) in [6.45, 7) is 6.81. The Bertz CT molecular complexity index is 1050. The molecule has 3 heterocycles. The lowest BCUT2D eigenvalue weighted by molar-refractivity contribution is 0.0746. The van der Waals surface area contributed by atoms with Crippen LogP contribution < -0.4 is 14.4 Å². The standard InChI is InChI=1S/C23H27N5O3/c1-16-22(17(2)28(25-16)21-7-5-6-8-24-21)26-9-11-27(12-10-26)23(29)18-13-19(30-3)15-20(14-18)31-4/h5-8,13-15H,9-12H2,1-4H3. The van der Waals surface area contributed by atoms with E-state index >= 15 is 0 Å². The van der Waals surface area contributed by atoms with Crippen LogP contribution >= 0.6 is 0 Å². The van der Waals surface area contributed by atoms with Gasteiger partial charge in [-0.25, -0.2) is 9.67 Å². The van der Waals surface area contributed by atoms with Gasteiger partial charge in [-0.05, 0) is 38.1 Å². The first-order chi connectivity index (χ1) is 15.0. The molecule has 1 aliphatic heterocycles. The number of aromatic nitrogens is 3. The van der Waals surface area contributed by atoms with Crippen molar-refractivity contribution in [3.05, 3.63) is 59.5 Å². The third kappa shape index (κ3) is 4.05. The third-order valence-corrected chi connectivity index (χ3v) is 5.60. The third-order valence-electron chi connectivity index (χ3n) is 5.60. The number of methoxy groups -OCH3 is 2. The van der Waals surface area contributed by atoms with Crippen LogP contribution in [0.4, 0.5) is 5.69 Å². The van der Waals surface area contributed by atoms with Gasteiger partial charge >= 0.3 is 0 Å². The summed E-state index contributed by atoms with van der Waals surface area (Å²) in [5.41, 5.74) is 3.69. The molecule has 0 saturated carbocycles. The maximum absolute atomic E-state index is 13.1. The molecular formula is C23H27N5O3. The minimum absolute atomic E-state index is 0.0190. The zero-order chi connectivity index (χ0) is 22.0. The van der Waals surface area contributed by atoms with Crippen LogP contribution in [-0.4, -0.2) is 66.0 Å². The molecule has 0 bridgehead atoms. The SMILES string of the molecule is COc1cc(OC)cc(C(=O)N2CCN(c3c(C)nn(-c4ccccn4)c3C)CC2)c1. The average molecular weight is 422 g/mol. The molecule has 3 aromatic rings. The highest BCUT2D eigenvalue weighted by molar-refractivity contribution is 5.95. The van der Waals surface area contributed by atoms with Gasteiger partial charge in [-0.15, -0.1) is 0 Å². The van der Waals surface area contributed by atoms with Crippen LogP contribution in [0.25, 0.3) is 5.82 Å². The number of hydrogen-bond donors (Lipinski definition) is 0. The van der Waals surface area contributed by atoms with E-state index in [9.17, 15) is 4.79 Å². The number of carbonyl (C=O) groups is 1. The molecule has 8 nitrogen and oxygen atoms in total. The lowest BCUT2D eigenvalue weighted by atomic mass is 10.1. The van der Waals surface area contributed by atoms with Gasteiger partial charge in [0.25, 0.3) is 5.91 Å². The van der Waals surface area contributed by atoms with Crippen molar-refractivity contribution in [3.63, 3.8) is 0 Å². The summed E-state index contributed by atoms with van der Waals surface area (Å²) < 4.78 is 12.5. The summed E-state index contributed by atoms with van der Waals surface area (Å²) in [5.74, 6) is 1.99. The van der Waals surface area contributed by atoms with Crippen molar-refractivity contribution in [1.29, 1.82) is 0 Å². The van der Waals surface area contributed by atoms with Crippen molar-refractivity contribution >= 4 is 11.6 Å². The summed E-state index contributed by atoms with van der Waals surface area (Å²) in [6, 6.07) is 11.1. The number of nitrogens with zero attached hydrogens (tertiary/aromatic N) is 5. The highest BCUT2D eigenvalue weighted by Gasteiger charge is 2.26. The fraction of sp³-hybridized carbons (Fsp3) is 0.348. The highest BCUT2D eigenvalue weighted by Crippen LogP contribution is 2.28. The number of piperazine rings is 1. The monoisotopic (exact) mass is 421 g/mol. The molecule has 2 aromatic heterocycles. The van der Waals surface area contributed by atoms with Crippen LogP contribution in [0.5, 0.6) is 11.5 Å². The van der Waals surface area contributed by atoms with Gasteiger partial charge in [0.1, 0.15) is 11.5 Å². The Hall–Kier alpha value is -3.55. The Labute approximate surface area is 182 Å². The maximum Gasteiger partial charge on any atom is 0.254 e. The number of carbonyl (C=O) groups excluding carboxylic acids is 1. The second-order valence-corrected chi connectivity index (χ2v) is 7.50. The highest BCUT2D eigenvalue weighted by atomic mass is 16.5. The number of ether oxygens (including phenoxy) is 2. The first-order valence-corrected chi connectivity index (χ1v) is 10.3. The Morgan fingerprint density at radius 3 is 2.23 bits per heavy atom. The minimum Gasteiger partial charge on any atom is -0.497 e. The molecule has 4 rings (SSSR count). The van der Waals surface area contributed by atoms with Crippen LogP contribution in [-0.2, 0) is 0 Å². The molecule has 0 aliphatic carbocycles. The van der Waals surface area contributed by atoms with Gasteiger partial charge in [-0.3, -0.25) is 4.79 Å². The van der Waals surface area contributed by atoms with E-state index in [1.54, 1.807) is 38.6 Å². The maximum atomic E-state index is 13.1. The van der Waals surface area contributed by atoms with E-state index in [2.05, 4.69) is 16.8 Å². The molecule has 0 unspecified atom stereocenters. The lowest BCUT2D eigenvalue weighted by Gasteiger charge is -2.36. The number of pyridine rings is 1. The van der Waals surface area contributed by atoms with Crippen molar-refractivity contribution in [2.45, 2.75) is 13.8 Å². The van der Waals surface area contributed by atoms with Crippen LogP contribution in [0.1, 0.15) is 21.7 Å². The second kappa shape index (κ2) is 8.67. The van der Waals surface area contributed by atoms with Gasteiger partial charge in [0.2, 0.25) is 0 Å². The number of aryl methyl sites for hydroxylation is 1. The van der Waals surface area contributed by atoms with E-state index in [-0.39, 0.29) is 5.91 Å². The molecule has 31 heavy (non-hydrogen) atoms. The molecule has 1 aromatic carbocycles. The van der Waals surface area contributed by atoms with Gasteiger partial charge in [-0.2, -0.15) is 5.10 Å². The number of benzene rings is 1. The van der Waals surface area contributed by atoms with Gasteiger partial charge in [-0.1, -0.05) is 6.07 Å². The Morgan fingerprint density at radius 1 is 0.968 bits per heavy atom. The van der Waals surface area contributed by atoms with Gasteiger partial charge in [0.15, 0.2) is 5.82 Å². The zero-order valence-electron chi connectivity index (χ0n) is 18.3. The second-order valence-electron chi connectivity index (χ2n) is 7.50. The van der Waals surface area contributed by atoms with E-state index < -0.39 is 0 Å². The smallest absolute Gasteiger partial charge is 0.254 e. The molecule has 0 atom stereocenters. The Kier molecular flexibility index (Phi) is 5.79. The van der Waals surface area contributed by atoms with Crippen LogP contribution in [0, 0.1) is 13.8 Å². The Balaban J connectivity index is 1.50. The molecule has 0 spiro atoms. The number of rotatable bonds is 5. The summed E-state index contributed by atoms with van der Waals surface area (Å²) in [5, 5.41) is 4.70. The van der Waals surface area contributed by atoms with Crippen molar-refractivity contribution in [3.8, 4) is 17.3 Å². The fourth-order valence-electron chi connectivity index (χ4n) is 4.04. The molecule has 1 saturated heterocycles. The van der Waals surface area contributed by atoms with Crippen LogP contribution in [0.15, 0.2) is 42.6 Å². The van der Waals surface area contributed by atoms with E-state index in [0.717, 1.165) is 36.0 Å². The molecule has 1 fully saturated rings. The van der Waals surface area contributed by atoms with Crippen molar-refractivity contribution in [2.24, 2.45) is 0 Å². The fourth-order valence-corrected chi connectivity index (χ4v) is 4.04. The predicted molar refractivity (Wildman–Crippen MR) is 118 cm³/mol. The topological polar surface area (TPSA) is 72.7 Å². The largest absolute Gasteiger partial charge is 0.497 e. The molecule has 0 radical (unpaired) electrons. The summed E-state index contributed by atoms with van der Waals surface area (Å²) in [7, 11) is 3.16. The normalized spacial score (nSPS) is 13.9. The van der Waals surface area contributed by atoms with Crippen LogP contribution in [0.2, 0.25) is 0 Å². The summed E-state index contributed by atoms with van der Waals surface area (Å²) in [6.07, 6.45) is 1.77. The molecule has 0 N–H and O–H groups in total. The zero-order valence-corrected chi connectivity index (χ0v) is 18.3. The van der Waals surface area contributed by atoms with Gasteiger partial charge in [0.05, 0.1) is 31.3 Å². The van der Waals surface area contributed by atoms with Crippen molar-refractivity contribution < 1.29 is 14.3 Å². The summed E-state index contributed by atoms with van der Waals surface area (Å²) in [4.78, 5) is 21.7. The van der Waals surface area contributed by atoms with E-state index in [0.29, 0.717) is 30.2 Å². The van der Waals surface area contributed by atoms with E-state index in [1.807, 2.05) is 34.7 Å². The molecular weight excluding hydrogens is 394 g/mol. The molecule has 1 aliphatic rings. The number of hydrogen-bond acceptors (Lipinski definition) is 6. The quantitative estimate of drug-likeness (QED) is 0.631. The Morgan fingerprint density at radius 2 is 1.65 bits per heavy atom. The van der Waals surface area contributed by atoms with Crippen molar-refractivity contribution in [2.75, 3.05) is 45.3 Å². The number of amides is 1. The molecule has 162 valence electrons. The van der Waals surface area contributed by atoms with Gasteiger partial charge in [0, 0.05) is 44.0 Å². The summed E-state index contributed by atoms with van der Waals surface area (Å²) >= 11 is 0. The minimum atomic E-state index is -0.0190. The lowest BCUT2D eigenvalue weighted by Crippen LogP contribution is -2.49. The average Bonchev–Trinajstić information content (AvgIpc) is 3.12. The molecule has 1 amide bonds. The first kappa shape index (κ1) is 20.7. The first-order valence-electron chi connectivity index (χ1n) is 10.3. The number of anilines is 1. The molecule has 8 heteroatoms. The van der Waals surface area contributed by atoms with Gasteiger partial charge < -0.3 is 19.3 Å². The van der Waals surface area contributed by atoms with Crippen molar-refractivity contribution in [1.82, 2.24) is 19.7 Å². The predicted octanol–water partition coefficient (Wildman–Crippen LogP) is 2.86.